The molecule has 1 saturated heterocycles. The van der Waals surface area contributed by atoms with Gasteiger partial charge in [-0.05, 0) is 49.8 Å². The maximum Gasteiger partial charge on any atom is 0.251 e. The topological polar surface area (TPSA) is 92.5 Å². The third kappa shape index (κ3) is 3.59. The number of amides is 1. The van der Waals surface area contributed by atoms with Crippen LogP contribution >= 0.6 is 12.4 Å². The second kappa shape index (κ2) is 7.39. The fraction of sp³-hybridized carbons (Fsp3) is 0.562. The van der Waals surface area contributed by atoms with Crippen molar-refractivity contribution >= 4 is 28.3 Å². The zero-order valence-corrected chi connectivity index (χ0v) is 15.3. The third-order valence-electron chi connectivity index (χ3n) is 4.89. The Bertz CT molecular complexity index is 713. The number of halogens is 1. The Morgan fingerprint density at radius 1 is 1.29 bits per heavy atom. The van der Waals surface area contributed by atoms with Crippen LogP contribution in [-0.4, -0.2) is 44.3 Å². The molecule has 6 nitrogen and oxygen atoms in total. The molecule has 2 aliphatic heterocycles. The first-order valence-electron chi connectivity index (χ1n) is 8.06. The second-order valence-corrected chi connectivity index (χ2v) is 8.36. The molecule has 1 atom stereocenters. The van der Waals surface area contributed by atoms with E-state index in [9.17, 15) is 13.2 Å². The molecule has 3 rings (SSSR count). The maximum absolute atomic E-state index is 12.8. The zero-order valence-electron chi connectivity index (χ0n) is 13.7. The summed E-state index contributed by atoms with van der Waals surface area (Å²) in [7, 11) is -3.56. The molecular formula is C16H24ClN3O3S. The predicted molar refractivity (Wildman–Crippen MR) is 94.9 cm³/mol. The van der Waals surface area contributed by atoms with Gasteiger partial charge in [-0.3, -0.25) is 4.79 Å². The first kappa shape index (κ1) is 19.2. The molecule has 1 fully saturated rings. The highest BCUT2D eigenvalue weighted by Crippen LogP contribution is 2.27. The van der Waals surface area contributed by atoms with E-state index in [-0.39, 0.29) is 29.3 Å². The standard InChI is InChI=1S/C16H23N3O3S.ClH/c1-11(17)12-5-8-19(9-6-12)23(21,22)14-3-2-13-4-7-18-16(20)15(13)10-14;/h2-3,10-12H,4-9,17H2,1H3,(H,18,20);1H. The number of rotatable bonds is 3. The van der Waals surface area contributed by atoms with E-state index < -0.39 is 10.0 Å². The SMILES string of the molecule is CC(N)C1CCN(S(=O)(=O)c2ccc3c(c2)C(=O)NCC3)CC1.Cl. The number of nitrogens with two attached hydrogens (primary N) is 1. The van der Waals surface area contributed by atoms with Crippen molar-refractivity contribution in [3.05, 3.63) is 29.3 Å². The van der Waals surface area contributed by atoms with E-state index in [0.29, 0.717) is 31.1 Å². The fourth-order valence-corrected chi connectivity index (χ4v) is 4.84. The van der Waals surface area contributed by atoms with Crippen molar-refractivity contribution in [2.45, 2.75) is 37.1 Å². The van der Waals surface area contributed by atoms with Crippen LogP contribution in [0, 0.1) is 5.92 Å². The van der Waals surface area contributed by atoms with Gasteiger partial charge in [0.2, 0.25) is 10.0 Å². The number of carbonyl (C=O) groups is 1. The first-order valence-corrected chi connectivity index (χ1v) is 9.50. The Kier molecular flexibility index (Phi) is 5.91. The Morgan fingerprint density at radius 3 is 2.58 bits per heavy atom. The lowest BCUT2D eigenvalue weighted by molar-refractivity contribution is 0.0945. The van der Waals surface area contributed by atoms with E-state index in [1.165, 1.54) is 10.4 Å². The lowest BCUT2D eigenvalue weighted by atomic mass is 9.92. The summed E-state index contributed by atoms with van der Waals surface area (Å²) in [5.41, 5.74) is 7.29. The van der Waals surface area contributed by atoms with E-state index in [0.717, 1.165) is 24.8 Å². The Labute approximate surface area is 149 Å². The molecule has 1 unspecified atom stereocenters. The quantitative estimate of drug-likeness (QED) is 0.831. The Hall–Kier alpha value is -1.15. The molecule has 0 aliphatic carbocycles. The van der Waals surface area contributed by atoms with Crippen LogP contribution in [0.25, 0.3) is 0 Å². The molecule has 8 heteroatoms. The van der Waals surface area contributed by atoms with Gasteiger partial charge in [0.25, 0.3) is 5.91 Å². The lowest BCUT2D eigenvalue weighted by Crippen LogP contribution is -2.42. The highest BCUT2D eigenvalue weighted by molar-refractivity contribution is 7.89. The minimum absolute atomic E-state index is 0. The molecule has 134 valence electrons. The van der Waals surface area contributed by atoms with Crippen molar-refractivity contribution in [3.8, 4) is 0 Å². The number of nitrogens with one attached hydrogen (secondary N) is 1. The monoisotopic (exact) mass is 373 g/mol. The van der Waals surface area contributed by atoms with Crippen molar-refractivity contribution in [2.24, 2.45) is 11.7 Å². The number of carbonyl (C=O) groups excluding carboxylic acids is 1. The Balaban J connectivity index is 0.00000208. The van der Waals surface area contributed by atoms with Crippen LogP contribution in [0.4, 0.5) is 0 Å². The third-order valence-corrected chi connectivity index (χ3v) is 6.78. The molecule has 0 saturated carbocycles. The minimum Gasteiger partial charge on any atom is -0.352 e. The van der Waals surface area contributed by atoms with Gasteiger partial charge in [-0.1, -0.05) is 6.07 Å². The smallest absolute Gasteiger partial charge is 0.251 e. The number of piperidine rings is 1. The van der Waals surface area contributed by atoms with Crippen LogP contribution in [0.15, 0.2) is 23.1 Å². The van der Waals surface area contributed by atoms with Gasteiger partial charge in [0.05, 0.1) is 4.90 Å². The summed E-state index contributed by atoms with van der Waals surface area (Å²) in [5.74, 6) is 0.176. The van der Waals surface area contributed by atoms with Gasteiger partial charge >= 0.3 is 0 Å². The van der Waals surface area contributed by atoms with E-state index >= 15 is 0 Å². The fourth-order valence-electron chi connectivity index (χ4n) is 3.34. The average molecular weight is 374 g/mol. The van der Waals surface area contributed by atoms with Gasteiger partial charge in [0.15, 0.2) is 0 Å². The highest BCUT2D eigenvalue weighted by atomic mass is 35.5. The molecule has 0 spiro atoms. The van der Waals surface area contributed by atoms with E-state index in [1.54, 1.807) is 12.1 Å². The van der Waals surface area contributed by atoms with Crippen molar-refractivity contribution < 1.29 is 13.2 Å². The summed E-state index contributed by atoms with van der Waals surface area (Å²) in [4.78, 5) is 12.1. The summed E-state index contributed by atoms with van der Waals surface area (Å²) in [5, 5.41) is 2.75. The minimum atomic E-state index is -3.56. The van der Waals surface area contributed by atoms with Crippen molar-refractivity contribution in [2.75, 3.05) is 19.6 Å². The zero-order chi connectivity index (χ0) is 16.6. The molecule has 24 heavy (non-hydrogen) atoms. The summed E-state index contributed by atoms with van der Waals surface area (Å²) in [6.45, 7) is 3.54. The van der Waals surface area contributed by atoms with E-state index in [4.69, 9.17) is 5.73 Å². The lowest BCUT2D eigenvalue weighted by Gasteiger charge is -2.33. The largest absolute Gasteiger partial charge is 0.352 e. The molecule has 3 N–H and O–H groups in total. The molecule has 0 aromatic heterocycles. The van der Waals surface area contributed by atoms with Crippen molar-refractivity contribution in [1.82, 2.24) is 9.62 Å². The molecule has 1 aromatic rings. The molecular weight excluding hydrogens is 350 g/mol. The first-order chi connectivity index (χ1) is 10.9. The summed E-state index contributed by atoms with van der Waals surface area (Å²) in [6, 6.07) is 4.98. The predicted octanol–water partition coefficient (Wildman–Crippen LogP) is 1.14. The van der Waals surface area contributed by atoms with Crippen LogP contribution in [0.1, 0.15) is 35.7 Å². The van der Waals surface area contributed by atoms with Crippen LogP contribution in [0.5, 0.6) is 0 Å². The van der Waals surface area contributed by atoms with Crippen molar-refractivity contribution in [1.29, 1.82) is 0 Å². The number of hydrogen-bond acceptors (Lipinski definition) is 4. The number of sulfonamides is 1. The molecule has 1 amide bonds. The molecule has 2 aliphatic rings. The molecule has 0 radical (unpaired) electrons. The summed E-state index contributed by atoms with van der Waals surface area (Å²) >= 11 is 0. The average Bonchev–Trinajstić information content (AvgIpc) is 2.55. The van der Waals surface area contributed by atoms with Crippen molar-refractivity contribution in [3.63, 3.8) is 0 Å². The van der Waals surface area contributed by atoms with Crippen LogP contribution in [0.2, 0.25) is 0 Å². The Morgan fingerprint density at radius 2 is 1.96 bits per heavy atom. The van der Waals surface area contributed by atoms with Gasteiger partial charge < -0.3 is 11.1 Å². The number of benzene rings is 1. The molecule has 0 bridgehead atoms. The maximum atomic E-state index is 12.8. The van der Waals surface area contributed by atoms with Gasteiger partial charge in [-0.2, -0.15) is 4.31 Å². The van der Waals surface area contributed by atoms with Gasteiger partial charge in [0.1, 0.15) is 0 Å². The summed E-state index contributed by atoms with van der Waals surface area (Å²) in [6.07, 6.45) is 2.30. The van der Waals surface area contributed by atoms with Gasteiger partial charge in [-0.25, -0.2) is 8.42 Å². The van der Waals surface area contributed by atoms with Crippen LogP contribution < -0.4 is 11.1 Å². The normalized spacial score (nSPS) is 20.7. The highest BCUT2D eigenvalue weighted by Gasteiger charge is 2.31. The van der Waals surface area contributed by atoms with Crippen LogP contribution in [-0.2, 0) is 16.4 Å². The number of hydrogen-bond donors (Lipinski definition) is 2. The molecule has 2 heterocycles. The van der Waals surface area contributed by atoms with Gasteiger partial charge in [-0.15, -0.1) is 12.4 Å². The number of nitrogens with zero attached hydrogens (tertiary/aromatic N) is 1. The van der Waals surface area contributed by atoms with E-state index in [1.807, 2.05) is 6.92 Å². The second-order valence-electron chi connectivity index (χ2n) is 6.43. The van der Waals surface area contributed by atoms with Crippen LogP contribution in [0.3, 0.4) is 0 Å². The summed E-state index contributed by atoms with van der Waals surface area (Å²) < 4.78 is 27.1. The molecule has 1 aromatic carbocycles. The number of fused-ring (bicyclic) bond motifs is 1. The van der Waals surface area contributed by atoms with Gasteiger partial charge in [0, 0.05) is 31.2 Å². The van der Waals surface area contributed by atoms with E-state index in [2.05, 4.69) is 5.32 Å².